The summed E-state index contributed by atoms with van der Waals surface area (Å²) in [4.78, 5) is 23.4. The number of ether oxygens (including phenoxy) is 2. The van der Waals surface area contributed by atoms with E-state index in [1.54, 1.807) is 0 Å². The molecule has 6 nitrogen and oxygen atoms in total. The van der Waals surface area contributed by atoms with Crippen molar-refractivity contribution in [2.24, 2.45) is 0 Å². The standard InChI is InChI=1S/C17H18N2O4S/c1-3-23-14-7-5-4-6-11(14)12-8-15(20)19-17(13(12)9-18)24-10-16(21)22-2/h4-7,12H,3,8,10H2,1-2H3,(H,19,20)/t12-/m0/s1. The fraction of sp³-hybridized carbons (Fsp3) is 0.353. The van der Waals surface area contributed by atoms with Crippen LogP contribution in [0.4, 0.5) is 0 Å². The first-order valence-electron chi connectivity index (χ1n) is 7.46. The maximum atomic E-state index is 12.1. The number of carbonyl (C=O) groups excluding carboxylic acids is 2. The van der Waals surface area contributed by atoms with E-state index in [9.17, 15) is 14.9 Å². The van der Waals surface area contributed by atoms with Gasteiger partial charge >= 0.3 is 5.97 Å². The van der Waals surface area contributed by atoms with Crippen LogP contribution in [-0.4, -0.2) is 31.3 Å². The number of thioether (sulfide) groups is 1. The molecule has 0 aliphatic carbocycles. The second-order valence-corrected chi connectivity index (χ2v) is 5.98. The molecular weight excluding hydrogens is 328 g/mol. The molecular formula is C17H18N2O4S. The highest BCUT2D eigenvalue weighted by molar-refractivity contribution is 8.03. The number of hydrogen-bond donors (Lipinski definition) is 1. The number of nitriles is 1. The Bertz CT molecular complexity index is 709. The van der Waals surface area contributed by atoms with Crippen LogP contribution < -0.4 is 10.1 Å². The Labute approximate surface area is 144 Å². The maximum Gasteiger partial charge on any atom is 0.316 e. The van der Waals surface area contributed by atoms with Gasteiger partial charge in [0, 0.05) is 17.9 Å². The van der Waals surface area contributed by atoms with Crippen molar-refractivity contribution in [1.29, 1.82) is 5.26 Å². The number of amides is 1. The smallest absolute Gasteiger partial charge is 0.316 e. The number of allylic oxidation sites excluding steroid dienone is 1. The van der Waals surface area contributed by atoms with Crippen molar-refractivity contribution < 1.29 is 19.1 Å². The molecule has 0 spiro atoms. The van der Waals surface area contributed by atoms with E-state index in [1.807, 2.05) is 31.2 Å². The Hall–Kier alpha value is -2.46. The molecule has 2 rings (SSSR count). The van der Waals surface area contributed by atoms with Crippen molar-refractivity contribution in [2.45, 2.75) is 19.3 Å². The number of esters is 1. The Morgan fingerprint density at radius 2 is 2.21 bits per heavy atom. The highest BCUT2D eigenvalue weighted by Gasteiger charge is 2.31. The molecule has 1 aliphatic heterocycles. The summed E-state index contributed by atoms with van der Waals surface area (Å²) in [6.07, 6.45) is 0.162. The SMILES string of the molecule is CCOc1ccccc1[C@@H]1CC(=O)NC(SCC(=O)OC)=C1C#N. The molecule has 0 unspecified atom stereocenters. The zero-order chi connectivity index (χ0) is 17.5. The van der Waals surface area contributed by atoms with Gasteiger partial charge in [-0.2, -0.15) is 5.26 Å². The summed E-state index contributed by atoms with van der Waals surface area (Å²) >= 11 is 1.09. The first-order chi connectivity index (χ1) is 11.6. The zero-order valence-corrected chi connectivity index (χ0v) is 14.3. The molecule has 0 bridgehead atoms. The molecule has 1 aromatic rings. The first kappa shape index (κ1) is 17.9. The van der Waals surface area contributed by atoms with E-state index in [4.69, 9.17) is 4.74 Å². The summed E-state index contributed by atoms with van der Waals surface area (Å²) in [7, 11) is 1.29. The Morgan fingerprint density at radius 1 is 1.46 bits per heavy atom. The van der Waals surface area contributed by atoms with Gasteiger partial charge < -0.3 is 14.8 Å². The second kappa shape index (κ2) is 8.41. The monoisotopic (exact) mass is 346 g/mol. The minimum Gasteiger partial charge on any atom is -0.494 e. The van der Waals surface area contributed by atoms with Crippen LogP contribution in [0.3, 0.4) is 0 Å². The minimum absolute atomic E-state index is 0.0249. The van der Waals surface area contributed by atoms with Gasteiger partial charge in [-0.1, -0.05) is 30.0 Å². The molecule has 1 heterocycles. The van der Waals surface area contributed by atoms with Crippen LogP contribution in [0.15, 0.2) is 34.9 Å². The van der Waals surface area contributed by atoms with Gasteiger partial charge in [-0.15, -0.1) is 0 Å². The lowest BCUT2D eigenvalue weighted by molar-refractivity contribution is -0.137. The van der Waals surface area contributed by atoms with Crippen molar-refractivity contribution in [2.75, 3.05) is 19.5 Å². The van der Waals surface area contributed by atoms with Gasteiger partial charge in [0.15, 0.2) is 0 Å². The third-order valence-electron chi connectivity index (χ3n) is 3.51. The van der Waals surface area contributed by atoms with Crippen LogP contribution >= 0.6 is 11.8 Å². The molecule has 0 aromatic heterocycles. The third kappa shape index (κ3) is 4.09. The summed E-state index contributed by atoms with van der Waals surface area (Å²) in [6.45, 7) is 2.37. The Kier molecular flexibility index (Phi) is 6.27. The topological polar surface area (TPSA) is 88.4 Å². The molecule has 7 heteroatoms. The van der Waals surface area contributed by atoms with Gasteiger partial charge in [0.1, 0.15) is 5.75 Å². The highest BCUT2D eigenvalue weighted by atomic mass is 32.2. The van der Waals surface area contributed by atoms with Gasteiger partial charge in [0.2, 0.25) is 5.91 Å². The molecule has 1 amide bonds. The number of benzene rings is 1. The van der Waals surface area contributed by atoms with E-state index in [0.717, 1.165) is 17.3 Å². The van der Waals surface area contributed by atoms with E-state index in [2.05, 4.69) is 16.1 Å². The molecule has 0 radical (unpaired) electrons. The summed E-state index contributed by atoms with van der Waals surface area (Å²) in [5.41, 5.74) is 1.22. The second-order valence-electron chi connectivity index (χ2n) is 5.00. The predicted octanol–water partition coefficient (Wildman–Crippen LogP) is 2.33. The molecule has 0 fully saturated rings. The summed E-state index contributed by atoms with van der Waals surface area (Å²) in [5.74, 6) is -0.332. The van der Waals surface area contributed by atoms with E-state index >= 15 is 0 Å². The number of para-hydroxylation sites is 1. The lowest BCUT2D eigenvalue weighted by Gasteiger charge is -2.26. The van der Waals surface area contributed by atoms with Crippen LogP contribution in [-0.2, 0) is 14.3 Å². The van der Waals surface area contributed by atoms with Gasteiger partial charge in [-0.05, 0) is 13.0 Å². The van der Waals surface area contributed by atoms with Gasteiger partial charge in [-0.3, -0.25) is 9.59 Å². The van der Waals surface area contributed by atoms with Crippen molar-refractivity contribution in [3.05, 3.63) is 40.4 Å². The normalized spacial score (nSPS) is 17.0. The summed E-state index contributed by atoms with van der Waals surface area (Å²) in [6, 6.07) is 9.54. The maximum absolute atomic E-state index is 12.1. The van der Waals surface area contributed by atoms with E-state index < -0.39 is 11.9 Å². The van der Waals surface area contributed by atoms with Crippen LogP contribution in [0.2, 0.25) is 0 Å². The lowest BCUT2D eigenvalue weighted by Crippen LogP contribution is -2.31. The number of methoxy groups -OCH3 is 1. The molecule has 1 N–H and O–H groups in total. The average molecular weight is 346 g/mol. The number of nitrogens with zero attached hydrogens (tertiary/aromatic N) is 1. The lowest BCUT2D eigenvalue weighted by atomic mass is 9.86. The molecule has 0 saturated carbocycles. The van der Waals surface area contributed by atoms with Gasteiger partial charge in [0.05, 0.1) is 36.1 Å². The first-order valence-corrected chi connectivity index (χ1v) is 8.44. The highest BCUT2D eigenvalue weighted by Crippen LogP contribution is 2.39. The largest absolute Gasteiger partial charge is 0.494 e. The fourth-order valence-electron chi connectivity index (χ4n) is 2.44. The molecule has 1 aromatic carbocycles. The molecule has 24 heavy (non-hydrogen) atoms. The molecule has 126 valence electrons. The Morgan fingerprint density at radius 3 is 2.88 bits per heavy atom. The van der Waals surface area contributed by atoms with Gasteiger partial charge in [-0.25, -0.2) is 0 Å². The number of carbonyl (C=O) groups is 2. The number of hydrogen-bond acceptors (Lipinski definition) is 6. The van der Waals surface area contributed by atoms with E-state index in [1.165, 1.54) is 7.11 Å². The van der Waals surface area contributed by atoms with Crippen LogP contribution in [0, 0.1) is 11.3 Å². The Balaban J connectivity index is 2.39. The molecule has 1 atom stereocenters. The van der Waals surface area contributed by atoms with Crippen LogP contribution in [0.1, 0.15) is 24.8 Å². The quantitative estimate of drug-likeness (QED) is 0.795. The van der Waals surface area contributed by atoms with Crippen LogP contribution in [0.25, 0.3) is 0 Å². The van der Waals surface area contributed by atoms with Crippen molar-refractivity contribution in [1.82, 2.24) is 5.32 Å². The number of rotatable bonds is 6. The predicted molar refractivity (Wildman–Crippen MR) is 90.2 cm³/mol. The molecule has 0 saturated heterocycles. The summed E-state index contributed by atoms with van der Waals surface area (Å²) < 4.78 is 10.2. The van der Waals surface area contributed by atoms with E-state index in [0.29, 0.717) is 23.0 Å². The van der Waals surface area contributed by atoms with Crippen molar-refractivity contribution >= 4 is 23.6 Å². The van der Waals surface area contributed by atoms with Crippen molar-refractivity contribution in [3.63, 3.8) is 0 Å². The third-order valence-corrected chi connectivity index (χ3v) is 4.50. The van der Waals surface area contributed by atoms with Crippen LogP contribution in [0.5, 0.6) is 5.75 Å². The molecule has 1 aliphatic rings. The minimum atomic E-state index is -0.420. The van der Waals surface area contributed by atoms with Gasteiger partial charge in [0.25, 0.3) is 0 Å². The average Bonchev–Trinajstić information content (AvgIpc) is 2.59. The number of nitrogens with one attached hydrogen (secondary N) is 1. The fourth-order valence-corrected chi connectivity index (χ4v) is 3.35. The van der Waals surface area contributed by atoms with Crippen molar-refractivity contribution in [3.8, 4) is 11.8 Å². The zero-order valence-electron chi connectivity index (χ0n) is 13.5. The van der Waals surface area contributed by atoms with E-state index in [-0.39, 0.29) is 18.1 Å². The summed E-state index contributed by atoms with van der Waals surface area (Å²) in [5, 5.41) is 12.7.